The van der Waals surface area contributed by atoms with Gasteiger partial charge in [0.05, 0.1) is 6.61 Å². The van der Waals surface area contributed by atoms with Gasteiger partial charge in [0.25, 0.3) is 0 Å². The lowest BCUT2D eigenvalue weighted by Crippen LogP contribution is -2.36. The van der Waals surface area contributed by atoms with Gasteiger partial charge in [0.15, 0.2) is 6.23 Å². The van der Waals surface area contributed by atoms with Crippen LogP contribution >= 0.6 is 0 Å². The second kappa shape index (κ2) is 4.41. The Kier molecular flexibility index (Phi) is 3.11. The van der Waals surface area contributed by atoms with E-state index in [1.807, 2.05) is 0 Å². The molecule has 1 aromatic rings. The van der Waals surface area contributed by atoms with Gasteiger partial charge in [0, 0.05) is 6.20 Å². The molecule has 1 fully saturated rings. The molecule has 8 nitrogen and oxygen atoms in total. The number of nitrogens with two attached hydrogens (primary N) is 1. The number of hydrogen-bond acceptors (Lipinski definition) is 7. The molecule has 0 radical (unpaired) electrons. The van der Waals surface area contributed by atoms with Gasteiger partial charge in [0.1, 0.15) is 24.1 Å². The molecule has 1 aromatic heterocycles. The Balaban J connectivity index is 2.32. The first-order chi connectivity index (χ1) is 8.04. The maximum absolute atomic E-state index is 11.5. The molecule has 0 saturated carbocycles. The van der Waals surface area contributed by atoms with Gasteiger partial charge in [-0.15, -0.1) is 0 Å². The van der Waals surface area contributed by atoms with Crippen LogP contribution in [0.4, 0.5) is 5.82 Å². The largest absolute Gasteiger partial charge is 0.394 e. The summed E-state index contributed by atoms with van der Waals surface area (Å²) < 4.78 is 6.19. The highest BCUT2D eigenvalue weighted by Crippen LogP contribution is 2.27. The monoisotopic (exact) mass is 247 g/mol. The zero-order chi connectivity index (χ0) is 12.6. The highest BCUT2D eigenvalue weighted by molar-refractivity contribution is 5.23. The van der Waals surface area contributed by atoms with Crippen molar-refractivity contribution in [3.8, 4) is 0 Å². The Hall–Kier alpha value is -1.48. The predicted octanol–water partition coefficient (Wildman–Crippen LogP) is -2.56. The van der Waals surface area contributed by atoms with Crippen LogP contribution in [0.3, 0.4) is 0 Å². The molecule has 1 aliphatic heterocycles. The minimum absolute atomic E-state index is 0.0537. The predicted molar refractivity (Wildman–Crippen MR) is 55.9 cm³/mol. The molecule has 0 amide bonds. The molecular weight excluding hydrogens is 234 g/mol. The van der Waals surface area contributed by atoms with Gasteiger partial charge in [-0.3, -0.25) is 4.57 Å². The molecule has 0 aliphatic carbocycles. The minimum atomic E-state index is -1.31. The maximum Gasteiger partial charge on any atom is 0.351 e. The van der Waals surface area contributed by atoms with E-state index in [0.717, 1.165) is 4.57 Å². The van der Waals surface area contributed by atoms with E-state index in [4.69, 9.17) is 15.6 Å². The molecule has 2 rings (SSSR count). The van der Waals surface area contributed by atoms with Crippen molar-refractivity contribution in [2.45, 2.75) is 24.5 Å². The zero-order valence-electron chi connectivity index (χ0n) is 8.80. The molecule has 4 atom stereocenters. The lowest BCUT2D eigenvalue weighted by atomic mass is 10.1. The SMILES string of the molecule is [15NH2]c1cc[15n]([C@@H]2O[C@H](CO)[C@@H](O)[C@H]2O)c(=[17O])[15n]1. The van der Waals surface area contributed by atoms with Crippen molar-refractivity contribution in [2.24, 2.45) is 0 Å². The van der Waals surface area contributed by atoms with Crippen LogP contribution in [0.15, 0.2) is 17.1 Å². The van der Waals surface area contributed by atoms with E-state index in [-0.39, 0.29) is 5.82 Å². The van der Waals surface area contributed by atoms with Crippen molar-refractivity contribution in [1.82, 2.24) is 9.55 Å². The first kappa shape index (κ1) is 12.0. The van der Waals surface area contributed by atoms with Gasteiger partial charge >= 0.3 is 5.69 Å². The van der Waals surface area contributed by atoms with Gasteiger partial charge in [-0.2, -0.15) is 4.98 Å². The van der Waals surface area contributed by atoms with E-state index in [0.29, 0.717) is 0 Å². The van der Waals surface area contributed by atoms with Crippen LogP contribution in [0.5, 0.6) is 0 Å². The van der Waals surface area contributed by atoms with Crippen molar-refractivity contribution in [1.29, 1.82) is 0 Å². The fourth-order valence-electron chi connectivity index (χ4n) is 1.73. The molecule has 2 heterocycles. The van der Waals surface area contributed by atoms with Crippen LogP contribution in [-0.2, 0) is 4.74 Å². The summed E-state index contributed by atoms with van der Waals surface area (Å²) in [6.45, 7) is -0.453. The molecule has 94 valence electrons. The van der Waals surface area contributed by atoms with E-state index < -0.39 is 36.8 Å². The molecule has 1 aliphatic rings. The number of aromatic nitrogens is 2. The number of rotatable bonds is 2. The fourth-order valence-corrected chi connectivity index (χ4v) is 1.73. The fraction of sp³-hybridized carbons (Fsp3) is 0.556. The number of anilines is 1. The molecular formula is C9H13N3O5. The van der Waals surface area contributed by atoms with Crippen LogP contribution in [0.25, 0.3) is 0 Å². The number of ether oxygens (including phenoxy) is 1. The van der Waals surface area contributed by atoms with E-state index in [1.165, 1.54) is 12.3 Å². The van der Waals surface area contributed by atoms with E-state index in [1.54, 1.807) is 0 Å². The van der Waals surface area contributed by atoms with Gasteiger partial charge in [0.2, 0.25) is 0 Å². The molecule has 17 heavy (non-hydrogen) atoms. The van der Waals surface area contributed by atoms with Crippen LogP contribution in [-0.4, -0.2) is 49.8 Å². The Morgan fingerprint density at radius 3 is 2.71 bits per heavy atom. The Morgan fingerprint density at radius 2 is 2.18 bits per heavy atom. The third-order valence-corrected chi connectivity index (χ3v) is 2.64. The van der Waals surface area contributed by atoms with Gasteiger partial charge < -0.3 is 25.8 Å². The van der Waals surface area contributed by atoms with Gasteiger partial charge in [-0.25, -0.2) is 4.79 Å². The Morgan fingerprint density at radius 1 is 1.47 bits per heavy atom. The van der Waals surface area contributed by atoms with Crippen LogP contribution in [0.2, 0.25) is 0 Å². The minimum Gasteiger partial charge on any atom is -0.394 e. The van der Waals surface area contributed by atoms with E-state index in [9.17, 15) is 15.0 Å². The summed E-state index contributed by atoms with van der Waals surface area (Å²) in [4.78, 5) is 15.0. The summed E-state index contributed by atoms with van der Waals surface area (Å²) >= 11 is 0. The van der Waals surface area contributed by atoms with Crippen molar-refractivity contribution < 1.29 is 20.1 Å². The lowest BCUT2D eigenvalue weighted by molar-refractivity contribution is -0.0549. The topological polar surface area (TPSA) is 131 Å². The summed E-state index contributed by atoms with van der Waals surface area (Å²) in [5, 5.41) is 28.2. The summed E-state index contributed by atoms with van der Waals surface area (Å²) in [6.07, 6.45) is -3.27. The number of aliphatic hydroxyl groups excluding tert-OH is 3. The lowest BCUT2D eigenvalue weighted by Gasteiger charge is -2.16. The van der Waals surface area contributed by atoms with Gasteiger partial charge in [-0.1, -0.05) is 0 Å². The third kappa shape index (κ3) is 2.03. The zero-order valence-corrected chi connectivity index (χ0v) is 8.80. The second-order valence-corrected chi connectivity index (χ2v) is 3.77. The Bertz CT molecular complexity index is 462. The highest BCUT2D eigenvalue weighted by Gasteiger charge is 2.43. The van der Waals surface area contributed by atoms with Gasteiger partial charge in [-0.05, 0) is 6.07 Å². The number of hydrogen-bond donors (Lipinski definition) is 4. The average Bonchev–Trinajstić information content (AvgIpc) is 2.57. The van der Waals surface area contributed by atoms with Crippen LogP contribution < -0.4 is 11.4 Å². The smallest absolute Gasteiger partial charge is 0.351 e. The summed E-state index contributed by atoms with van der Waals surface area (Å²) in [7, 11) is 0. The molecule has 8 heteroatoms. The quantitative estimate of drug-likeness (QED) is 0.423. The number of aliphatic hydroxyl groups is 3. The van der Waals surface area contributed by atoms with E-state index in [2.05, 4.69) is 4.98 Å². The molecule has 5 N–H and O–H groups in total. The highest BCUT2D eigenvalue weighted by atomic mass is 17.1. The normalized spacial score (nSPS) is 32.9. The summed E-state index contributed by atoms with van der Waals surface area (Å²) in [5.41, 5.74) is 4.63. The first-order valence-corrected chi connectivity index (χ1v) is 5.01. The second-order valence-electron chi connectivity index (χ2n) is 3.77. The molecule has 0 bridgehead atoms. The maximum atomic E-state index is 11.5. The van der Waals surface area contributed by atoms with Crippen LogP contribution in [0, 0.1) is 0 Å². The molecule has 0 unspecified atom stereocenters. The van der Waals surface area contributed by atoms with E-state index >= 15 is 0 Å². The van der Waals surface area contributed by atoms with Crippen molar-refractivity contribution in [3.05, 3.63) is 22.7 Å². The number of nitrogens with zero attached hydrogens (tertiary/aromatic N) is 2. The Labute approximate surface area is 95.9 Å². The summed E-state index contributed by atoms with van der Waals surface area (Å²) in [6, 6.07) is 1.37. The number of nitrogen functional groups attached to an aromatic ring is 1. The first-order valence-electron chi connectivity index (χ1n) is 5.01. The van der Waals surface area contributed by atoms with Crippen molar-refractivity contribution in [2.75, 3.05) is 12.3 Å². The average molecular weight is 247 g/mol. The molecule has 0 aromatic carbocycles. The third-order valence-electron chi connectivity index (χ3n) is 2.64. The summed E-state index contributed by atoms with van der Waals surface area (Å²) in [5.74, 6) is 0.0537. The van der Waals surface area contributed by atoms with Crippen molar-refractivity contribution in [3.63, 3.8) is 0 Å². The van der Waals surface area contributed by atoms with Crippen LogP contribution in [0.1, 0.15) is 6.23 Å². The van der Waals surface area contributed by atoms with Crippen molar-refractivity contribution >= 4 is 5.82 Å². The standard InChI is InChI=1S/C9H13N3O5/c10-5-1-2-12(9(16)11-5)8-7(15)6(14)4(3-13)17-8/h1-2,4,6-8,13-15H,3H2,(H2,10,11,16)/t4-,6-,7-,8-/m1/s1/i10+1,11+1,12+1,16+1. The molecule has 1 saturated heterocycles. The molecule has 0 spiro atoms.